The molecule has 1 N–H and O–H groups in total. The van der Waals surface area contributed by atoms with Crippen LogP contribution in [0.3, 0.4) is 0 Å². The first-order chi connectivity index (χ1) is 6.36. The van der Waals surface area contributed by atoms with Crippen molar-refractivity contribution in [2.45, 2.75) is 6.54 Å². The van der Waals surface area contributed by atoms with E-state index in [2.05, 4.69) is 11.2 Å². The van der Waals surface area contributed by atoms with Gasteiger partial charge in [-0.05, 0) is 17.7 Å². The molecule has 0 aliphatic carbocycles. The molecule has 2 nitrogen and oxygen atoms in total. The minimum absolute atomic E-state index is 0. The predicted molar refractivity (Wildman–Crippen MR) is 60.8 cm³/mol. The molecule has 1 rings (SSSR count). The Hall–Kier alpha value is -1.17. The van der Waals surface area contributed by atoms with Crippen molar-refractivity contribution in [1.29, 1.82) is 0 Å². The van der Waals surface area contributed by atoms with Crippen LogP contribution in [0.1, 0.15) is 5.56 Å². The molecule has 0 bridgehead atoms. The zero-order valence-electron chi connectivity index (χ0n) is 8.12. The third-order valence-electron chi connectivity index (χ3n) is 1.72. The Morgan fingerprint density at radius 3 is 2.50 bits per heavy atom. The second kappa shape index (κ2) is 7.25. The molecule has 0 heterocycles. The SMILES string of the molecule is C#CCNCc1ccc(OC)cc1.Cl. The summed E-state index contributed by atoms with van der Waals surface area (Å²) in [4.78, 5) is 0. The zero-order valence-corrected chi connectivity index (χ0v) is 8.93. The van der Waals surface area contributed by atoms with Crippen molar-refractivity contribution in [1.82, 2.24) is 5.32 Å². The number of methoxy groups -OCH3 is 1. The van der Waals surface area contributed by atoms with Crippen LogP contribution in [0.4, 0.5) is 0 Å². The van der Waals surface area contributed by atoms with Crippen LogP contribution in [0.2, 0.25) is 0 Å². The molecule has 0 radical (unpaired) electrons. The highest BCUT2D eigenvalue weighted by atomic mass is 35.5. The van der Waals surface area contributed by atoms with E-state index in [0.717, 1.165) is 12.3 Å². The molecule has 0 aromatic heterocycles. The second-order valence-electron chi connectivity index (χ2n) is 2.66. The van der Waals surface area contributed by atoms with Gasteiger partial charge in [0.2, 0.25) is 0 Å². The fraction of sp³-hybridized carbons (Fsp3) is 0.273. The minimum Gasteiger partial charge on any atom is -0.497 e. The van der Waals surface area contributed by atoms with E-state index in [4.69, 9.17) is 11.2 Å². The van der Waals surface area contributed by atoms with Gasteiger partial charge in [-0.1, -0.05) is 18.1 Å². The molecule has 1 aromatic carbocycles. The topological polar surface area (TPSA) is 21.3 Å². The van der Waals surface area contributed by atoms with Gasteiger partial charge in [0.1, 0.15) is 5.75 Å². The lowest BCUT2D eigenvalue weighted by molar-refractivity contribution is 0.414. The van der Waals surface area contributed by atoms with Crippen molar-refractivity contribution in [2.75, 3.05) is 13.7 Å². The summed E-state index contributed by atoms with van der Waals surface area (Å²) in [5.41, 5.74) is 1.20. The molecule has 0 fully saturated rings. The summed E-state index contributed by atoms with van der Waals surface area (Å²) < 4.78 is 5.04. The Bertz CT molecular complexity index is 289. The lowest BCUT2D eigenvalue weighted by atomic mass is 10.2. The molecule has 0 aliphatic heterocycles. The van der Waals surface area contributed by atoms with E-state index >= 15 is 0 Å². The van der Waals surface area contributed by atoms with Gasteiger partial charge in [-0.15, -0.1) is 18.8 Å². The Balaban J connectivity index is 0.00000169. The van der Waals surface area contributed by atoms with Gasteiger partial charge in [0, 0.05) is 6.54 Å². The number of ether oxygens (including phenoxy) is 1. The molecule has 3 heteroatoms. The Morgan fingerprint density at radius 1 is 1.36 bits per heavy atom. The van der Waals surface area contributed by atoms with Crippen molar-refractivity contribution in [3.05, 3.63) is 29.8 Å². The molecular formula is C11H14ClNO. The van der Waals surface area contributed by atoms with Crippen LogP contribution in [-0.4, -0.2) is 13.7 Å². The van der Waals surface area contributed by atoms with Gasteiger partial charge >= 0.3 is 0 Å². The molecule has 0 saturated heterocycles. The molecule has 0 saturated carbocycles. The van der Waals surface area contributed by atoms with Crippen LogP contribution < -0.4 is 10.1 Å². The number of benzene rings is 1. The summed E-state index contributed by atoms with van der Waals surface area (Å²) >= 11 is 0. The summed E-state index contributed by atoms with van der Waals surface area (Å²) in [5.74, 6) is 3.40. The smallest absolute Gasteiger partial charge is 0.118 e. The molecule has 0 aliphatic rings. The minimum atomic E-state index is 0. The molecule has 76 valence electrons. The maximum Gasteiger partial charge on any atom is 0.118 e. The quantitative estimate of drug-likeness (QED) is 0.606. The molecular weight excluding hydrogens is 198 g/mol. The highest BCUT2D eigenvalue weighted by molar-refractivity contribution is 5.85. The van der Waals surface area contributed by atoms with Gasteiger partial charge in [-0.2, -0.15) is 0 Å². The van der Waals surface area contributed by atoms with Gasteiger partial charge < -0.3 is 10.1 Å². The number of terminal acetylenes is 1. The van der Waals surface area contributed by atoms with E-state index in [1.807, 2.05) is 24.3 Å². The summed E-state index contributed by atoms with van der Waals surface area (Å²) in [7, 11) is 1.66. The first-order valence-corrected chi connectivity index (χ1v) is 4.14. The Labute approximate surface area is 91.1 Å². The van der Waals surface area contributed by atoms with Gasteiger partial charge in [0.25, 0.3) is 0 Å². The van der Waals surface area contributed by atoms with Crippen molar-refractivity contribution in [3.63, 3.8) is 0 Å². The third kappa shape index (κ3) is 4.18. The monoisotopic (exact) mass is 211 g/mol. The standard InChI is InChI=1S/C11H13NO.ClH/c1-3-8-12-9-10-4-6-11(13-2)7-5-10;/h1,4-7,12H,8-9H2,2H3;1H. The largest absolute Gasteiger partial charge is 0.497 e. The van der Waals surface area contributed by atoms with Gasteiger partial charge in [-0.3, -0.25) is 0 Å². The van der Waals surface area contributed by atoms with E-state index in [1.54, 1.807) is 7.11 Å². The summed E-state index contributed by atoms with van der Waals surface area (Å²) in [5, 5.41) is 3.11. The molecule has 0 unspecified atom stereocenters. The number of halogens is 1. The highest BCUT2D eigenvalue weighted by Gasteiger charge is 1.92. The second-order valence-corrected chi connectivity index (χ2v) is 2.66. The summed E-state index contributed by atoms with van der Waals surface area (Å²) in [6.45, 7) is 1.40. The lowest BCUT2D eigenvalue weighted by Gasteiger charge is -2.02. The normalized spacial score (nSPS) is 8.57. The maximum atomic E-state index is 5.11. The van der Waals surface area contributed by atoms with Gasteiger partial charge in [0.15, 0.2) is 0 Å². The van der Waals surface area contributed by atoms with Crippen LogP contribution in [0.25, 0.3) is 0 Å². The first-order valence-electron chi connectivity index (χ1n) is 4.14. The Kier molecular flexibility index (Phi) is 6.65. The van der Waals surface area contributed by atoms with Crippen LogP contribution in [0, 0.1) is 12.3 Å². The van der Waals surface area contributed by atoms with E-state index in [9.17, 15) is 0 Å². The molecule has 1 aromatic rings. The average molecular weight is 212 g/mol. The van der Waals surface area contributed by atoms with Crippen molar-refractivity contribution < 1.29 is 4.74 Å². The van der Waals surface area contributed by atoms with E-state index in [-0.39, 0.29) is 12.4 Å². The lowest BCUT2D eigenvalue weighted by Crippen LogP contribution is -2.12. The highest BCUT2D eigenvalue weighted by Crippen LogP contribution is 2.10. The van der Waals surface area contributed by atoms with Crippen molar-refractivity contribution in [3.8, 4) is 18.1 Å². The van der Waals surface area contributed by atoms with Crippen LogP contribution in [0.5, 0.6) is 5.75 Å². The molecule has 14 heavy (non-hydrogen) atoms. The van der Waals surface area contributed by atoms with E-state index in [1.165, 1.54) is 5.56 Å². The average Bonchev–Trinajstić information content (AvgIpc) is 2.19. The predicted octanol–water partition coefficient (Wildman–Crippen LogP) is 1.84. The maximum absolute atomic E-state index is 5.11. The zero-order chi connectivity index (χ0) is 9.52. The van der Waals surface area contributed by atoms with Crippen LogP contribution >= 0.6 is 12.4 Å². The molecule has 0 amide bonds. The molecule has 0 spiro atoms. The Morgan fingerprint density at radius 2 is 2.00 bits per heavy atom. The number of nitrogens with one attached hydrogen (secondary N) is 1. The van der Waals surface area contributed by atoms with Crippen LogP contribution in [-0.2, 0) is 6.54 Å². The van der Waals surface area contributed by atoms with E-state index < -0.39 is 0 Å². The van der Waals surface area contributed by atoms with Gasteiger partial charge in [0.05, 0.1) is 13.7 Å². The van der Waals surface area contributed by atoms with Crippen molar-refractivity contribution in [2.24, 2.45) is 0 Å². The number of rotatable bonds is 4. The summed E-state index contributed by atoms with van der Waals surface area (Å²) in [6.07, 6.45) is 5.11. The van der Waals surface area contributed by atoms with Gasteiger partial charge in [-0.25, -0.2) is 0 Å². The summed E-state index contributed by atoms with van der Waals surface area (Å²) in [6, 6.07) is 7.91. The number of hydrogen-bond acceptors (Lipinski definition) is 2. The fourth-order valence-electron chi connectivity index (χ4n) is 1.02. The molecule has 0 atom stereocenters. The number of hydrogen-bond donors (Lipinski definition) is 1. The third-order valence-corrected chi connectivity index (χ3v) is 1.72. The van der Waals surface area contributed by atoms with E-state index in [0.29, 0.717) is 6.54 Å². The fourth-order valence-corrected chi connectivity index (χ4v) is 1.02. The first kappa shape index (κ1) is 12.8. The van der Waals surface area contributed by atoms with Crippen molar-refractivity contribution >= 4 is 12.4 Å². The van der Waals surface area contributed by atoms with Crippen LogP contribution in [0.15, 0.2) is 24.3 Å².